The molecule has 0 heterocycles. The van der Waals surface area contributed by atoms with Gasteiger partial charge in [-0.15, -0.1) is 0 Å². The molecule has 0 bridgehead atoms. The van der Waals surface area contributed by atoms with Crippen LogP contribution < -0.4 is 10.6 Å². The van der Waals surface area contributed by atoms with Crippen LogP contribution in [0.25, 0.3) is 0 Å². The fourth-order valence-corrected chi connectivity index (χ4v) is 2.19. The highest BCUT2D eigenvalue weighted by atomic mass is 16.5. The second-order valence-electron chi connectivity index (χ2n) is 5.44. The summed E-state index contributed by atoms with van der Waals surface area (Å²) in [5, 5.41) is 5.47. The molecular weight excluding hydrogens is 304 g/mol. The van der Waals surface area contributed by atoms with E-state index in [1.807, 2.05) is 67.6 Å². The van der Waals surface area contributed by atoms with Gasteiger partial charge in [0.25, 0.3) is 0 Å². The molecule has 1 atom stereocenters. The lowest BCUT2D eigenvalue weighted by molar-refractivity contribution is -0.121. The molecule has 0 aliphatic heterocycles. The standard InChI is InChI=1S/C19H22N2O3/c1-15(17-10-6-3-7-11-17)21-18(22)12-13-20-19(23)24-14-16-8-4-2-5-9-16/h2-11,15H,12-14H2,1H3,(H,20,23)(H,21,22)/t15-/m1/s1. The second-order valence-corrected chi connectivity index (χ2v) is 5.44. The Morgan fingerprint density at radius 3 is 2.29 bits per heavy atom. The summed E-state index contributed by atoms with van der Waals surface area (Å²) >= 11 is 0. The third-order valence-corrected chi connectivity index (χ3v) is 3.51. The van der Waals surface area contributed by atoms with E-state index >= 15 is 0 Å². The molecule has 2 aromatic carbocycles. The second kappa shape index (κ2) is 9.35. The highest BCUT2D eigenvalue weighted by Gasteiger charge is 2.09. The van der Waals surface area contributed by atoms with E-state index in [0.29, 0.717) is 0 Å². The van der Waals surface area contributed by atoms with Crippen LogP contribution in [-0.4, -0.2) is 18.5 Å². The summed E-state index contributed by atoms with van der Waals surface area (Å²) in [7, 11) is 0. The Hall–Kier alpha value is -2.82. The lowest BCUT2D eigenvalue weighted by atomic mass is 10.1. The molecule has 5 heteroatoms. The molecule has 126 valence electrons. The first-order valence-corrected chi connectivity index (χ1v) is 7.94. The molecule has 0 saturated heterocycles. The number of amides is 2. The monoisotopic (exact) mass is 326 g/mol. The van der Waals surface area contributed by atoms with Gasteiger partial charge in [-0.2, -0.15) is 0 Å². The lowest BCUT2D eigenvalue weighted by Gasteiger charge is -2.14. The predicted molar refractivity (Wildman–Crippen MR) is 92.2 cm³/mol. The van der Waals surface area contributed by atoms with E-state index in [1.54, 1.807) is 0 Å². The van der Waals surface area contributed by atoms with Crippen LogP contribution in [0.2, 0.25) is 0 Å². The number of nitrogens with one attached hydrogen (secondary N) is 2. The molecular formula is C19H22N2O3. The molecule has 5 nitrogen and oxygen atoms in total. The first kappa shape index (κ1) is 17.5. The Morgan fingerprint density at radius 1 is 1.00 bits per heavy atom. The number of ether oxygens (including phenoxy) is 1. The number of rotatable bonds is 7. The molecule has 2 aromatic rings. The summed E-state index contributed by atoms with van der Waals surface area (Å²) in [5.74, 6) is -0.116. The minimum Gasteiger partial charge on any atom is -0.445 e. The first-order valence-electron chi connectivity index (χ1n) is 7.94. The fourth-order valence-electron chi connectivity index (χ4n) is 2.19. The van der Waals surface area contributed by atoms with Crippen molar-refractivity contribution in [3.63, 3.8) is 0 Å². The molecule has 0 fully saturated rings. The van der Waals surface area contributed by atoms with Gasteiger partial charge in [-0.25, -0.2) is 4.79 Å². The van der Waals surface area contributed by atoms with E-state index in [-0.39, 0.29) is 31.5 Å². The van der Waals surface area contributed by atoms with Crippen molar-refractivity contribution in [2.75, 3.05) is 6.54 Å². The minimum atomic E-state index is -0.525. The van der Waals surface area contributed by atoms with Gasteiger partial charge in [0, 0.05) is 13.0 Å². The highest BCUT2D eigenvalue weighted by molar-refractivity contribution is 5.77. The van der Waals surface area contributed by atoms with Gasteiger partial charge in [-0.1, -0.05) is 60.7 Å². The van der Waals surface area contributed by atoms with Crippen molar-refractivity contribution in [3.05, 3.63) is 71.8 Å². The zero-order valence-corrected chi connectivity index (χ0v) is 13.7. The Balaban J connectivity index is 1.62. The number of carbonyl (C=O) groups is 2. The van der Waals surface area contributed by atoms with Crippen molar-refractivity contribution in [2.24, 2.45) is 0 Å². The maximum absolute atomic E-state index is 11.9. The van der Waals surface area contributed by atoms with E-state index in [1.165, 1.54) is 0 Å². The van der Waals surface area contributed by atoms with Crippen molar-refractivity contribution in [2.45, 2.75) is 26.0 Å². The molecule has 0 aliphatic rings. The first-order chi connectivity index (χ1) is 11.6. The van der Waals surface area contributed by atoms with Crippen molar-refractivity contribution in [1.29, 1.82) is 0 Å². The van der Waals surface area contributed by atoms with Gasteiger partial charge >= 0.3 is 6.09 Å². The summed E-state index contributed by atoms with van der Waals surface area (Å²) in [6.07, 6.45) is -0.319. The minimum absolute atomic E-state index is 0.0660. The number of carbonyl (C=O) groups excluding carboxylic acids is 2. The number of hydrogen-bond acceptors (Lipinski definition) is 3. The average molecular weight is 326 g/mol. The van der Waals surface area contributed by atoms with Crippen LogP contribution in [0.1, 0.15) is 30.5 Å². The van der Waals surface area contributed by atoms with Gasteiger partial charge in [-0.3, -0.25) is 4.79 Å². The van der Waals surface area contributed by atoms with Crippen LogP contribution >= 0.6 is 0 Å². The Labute approximate surface area is 142 Å². The molecule has 2 N–H and O–H groups in total. The number of benzene rings is 2. The lowest BCUT2D eigenvalue weighted by Crippen LogP contribution is -2.32. The topological polar surface area (TPSA) is 67.4 Å². The molecule has 2 amide bonds. The van der Waals surface area contributed by atoms with Crippen molar-refractivity contribution < 1.29 is 14.3 Å². The third kappa shape index (κ3) is 6.12. The van der Waals surface area contributed by atoms with E-state index in [4.69, 9.17) is 4.74 Å². The van der Waals surface area contributed by atoms with Crippen LogP contribution in [0, 0.1) is 0 Å². The molecule has 0 spiro atoms. The molecule has 0 unspecified atom stereocenters. The van der Waals surface area contributed by atoms with E-state index in [0.717, 1.165) is 11.1 Å². The summed E-state index contributed by atoms with van der Waals surface area (Å²) in [6, 6.07) is 19.1. The molecule has 0 radical (unpaired) electrons. The average Bonchev–Trinajstić information content (AvgIpc) is 2.61. The largest absolute Gasteiger partial charge is 0.445 e. The van der Waals surface area contributed by atoms with Gasteiger partial charge in [0.15, 0.2) is 0 Å². The van der Waals surface area contributed by atoms with Gasteiger partial charge in [-0.05, 0) is 18.1 Å². The zero-order chi connectivity index (χ0) is 17.2. The smallest absolute Gasteiger partial charge is 0.407 e. The van der Waals surface area contributed by atoms with E-state index in [9.17, 15) is 9.59 Å². The molecule has 0 aliphatic carbocycles. The Morgan fingerprint density at radius 2 is 1.62 bits per heavy atom. The predicted octanol–water partition coefficient (Wildman–Crippen LogP) is 3.18. The SMILES string of the molecule is C[C@@H](NC(=O)CCNC(=O)OCc1ccccc1)c1ccccc1. The third-order valence-electron chi connectivity index (χ3n) is 3.51. The number of alkyl carbamates (subject to hydrolysis) is 1. The van der Waals surface area contributed by atoms with E-state index < -0.39 is 6.09 Å². The Kier molecular flexibility index (Phi) is 6.83. The van der Waals surface area contributed by atoms with Crippen LogP contribution in [0.15, 0.2) is 60.7 Å². The quantitative estimate of drug-likeness (QED) is 0.821. The molecule has 0 saturated carbocycles. The van der Waals surface area contributed by atoms with Gasteiger partial charge in [0.05, 0.1) is 6.04 Å². The maximum Gasteiger partial charge on any atom is 0.407 e. The van der Waals surface area contributed by atoms with Gasteiger partial charge < -0.3 is 15.4 Å². The van der Waals surface area contributed by atoms with Crippen LogP contribution in [-0.2, 0) is 16.1 Å². The molecule has 24 heavy (non-hydrogen) atoms. The Bertz CT molecular complexity index is 644. The maximum atomic E-state index is 11.9. The van der Waals surface area contributed by atoms with Crippen LogP contribution in [0.4, 0.5) is 4.79 Å². The zero-order valence-electron chi connectivity index (χ0n) is 13.7. The van der Waals surface area contributed by atoms with Crippen molar-refractivity contribution in [3.8, 4) is 0 Å². The van der Waals surface area contributed by atoms with E-state index in [2.05, 4.69) is 10.6 Å². The normalized spacial score (nSPS) is 11.4. The van der Waals surface area contributed by atoms with Crippen molar-refractivity contribution >= 4 is 12.0 Å². The van der Waals surface area contributed by atoms with Gasteiger partial charge in [0.1, 0.15) is 6.61 Å². The molecule has 0 aromatic heterocycles. The summed E-state index contributed by atoms with van der Waals surface area (Å²) in [5.41, 5.74) is 1.96. The highest BCUT2D eigenvalue weighted by Crippen LogP contribution is 2.10. The fraction of sp³-hybridized carbons (Fsp3) is 0.263. The van der Waals surface area contributed by atoms with Crippen LogP contribution in [0.3, 0.4) is 0 Å². The summed E-state index contributed by atoms with van der Waals surface area (Å²) in [4.78, 5) is 23.5. The summed E-state index contributed by atoms with van der Waals surface area (Å²) in [6.45, 7) is 2.37. The van der Waals surface area contributed by atoms with Crippen LogP contribution in [0.5, 0.6) is 0 Å². The summed E-state index contributed by atoms with van der Waals surface area (Å²) < 4.78 is 5.08. The van der Waals surface area contributed by atoms with Crippen molar-refractivity contribution in [1.82, 2.24) is 10.6 Å². The van der Waals surface area contributed by atoms with Gasteiger partial charge in [0.2, 0.25) is 5.91 Å². The number of hydrogen-bond donors (Lipinski definition) is 2. The molecule has 2 rings (SSSR count).